The largest absolute Gasteiger partial charge is 0.368 e. The maximum Gasteiger partial charge on any atom is 0.155 e. The van der Waals surface area contributed by atoms with Gasteiger partial charge in [0.1, 0.15) is 5.82 Å². The Hall–Kier alpha value is -1.42. The fourth-order valence-corrected chi connectivity index (χ4v) is 2.36. The lowest BCUT2D eigenvalue weighted by Gasteiger charge is -2.46. The van der Waals surface area contributed by atoms with Crippen LogP contribution in [0.1, 0.15) is 24.2 Å². The van der Waals surface area contributed by atoms with Gasteiger partial charge in [-0.1, -0.05) is 6.07 Å². The highest BCUT2D eigenvalue weighted by atomic mass is 19.1. The number of likely N-dealkylation sites (N-methyl/N-ethyl adjacent to an activating group) is 1. The topological polar surface area (TPSA) is 23.6 Å². The van der Waals surface area contributed by atoms with Crippen LogP contribution in [0.5, 0.6) is 0 Å². The first-order chi connectivity index (χ1) is 8.45. The van der Waals surface area contributed by atoms with Gasteiger partial charge in [0.25, 0.3) is 0 Å². The van der Waals surface area contributed by atoms with E-state index in [1.807, 2.05) is 6.07 Å². The fraction of sp³-hybridized carbons (Fsp3) is 0.500. The number of hydrogen-bond acceptors (Lipinski definition) is 3. The predicted molar refractivity (Wildman–Crippen MR) is 70.7 cm³/mol. The number of benzene rings is 1. The standard InChI is InChI=1S/C14H19FN2O/c1-14(2)10-17(8-7-16(14)3)13-6-4-5-12(15)11(13)9-18/h4-6,9H,7-8,10H2,1-3H3. The van der Waals surface area contributed by atoms with Crippen molar-refractivity contribution in [2.24, 2.45) is 0 Å². The summed E-state index contributed by atoms with van der Waals surface area (Å²) in [6, 6.07) is 4.80. The van der Waals surface area contributed by atoms with Gasteiger partial charge in [-0.25, -0.2) is 4.39 Å². The lowest BCUT2D eigenvalue weighted by molar-refractivity contribution is 0.111. The number of anilines is 1. The summed E-state index contributed by atoms with van der Waals surface area (Å²) in [5.74, 6) is -0.445. The first-order valence-corrected chi connectivity index (χ1v) is 6.15. The molecule has 18 heavy (non-hydrogen) atoms. The highest BCUT2D eigenvalue weighted by Gasteiger charge is 2.32. The summed E-state index contributed by atoms with van der Waals surface area (Å²) < 4.78 is 13.6. The van der Waals surface area contributed by atoms with E-state index in [-0.39, 0.29) is 11.1 Å². The maximum absolute atomic E-state index is 13.6. The minimum atomic E-state index is -0.445. The van der Waals surface area contributed by atoms with Crippen LogP contribution in [0.3, 0.4) is 0 Å². The van der Waals surface area contributed by atoms with Crippen molar-refractivity contribution in [2.75, 3.05) is 31.6 Å². The molecule has 0 aromatic heterocycles. The summed E-state index contributed by atoms with van der Waals surface area (Å²) in [6.07, 6.45) is 0.607. The van der Waals surface area contributed by atoms with E-state index in [1.54, 1.807) is 6.07 Å². The monoisotopic (exact) mass is 250 g/mol. The normalized spacial score (nSPS) is 19.9. The molecule has 98 valence electrons. The Labute approximate surface area is 107 Å². The summed E-state index contributed by atoms with van der Waals surface area (Å²) in [5.41, 5.74) is 0.883. The molecule has 0 atom stereocenters. The van der Waals surface area contributed by atoms with Crippen molar-refractivity contribution in [3.63, 3.8) is 0 Å². The molecule has 1 heterocycles. The first-order valence-electron chi connectivity index (χ1n) is 6.15. The molecule has 1 aliphatic heterocycles. The van der Waals surface area contributed by atoms with Crippen LogP contribution in [-0.2, 0) is 0 Å². The van der Waals surface area contributed by atoms with Gasteiger partial charge in [-0.05, 0) is 33.0 Å². The van der Waals surface area contributed by atoms with Crippen LogP contribution in [0.4, 0.5) is 10.1 Å². The van der Waals surface area contributed by atoms with Gasteiger partial charge < -0.3 is 4.90 Å². The lowest BCUT2D eigenvalue weighted by atomic mass is 9.98. The van der Waals surface area contributed by atoms with E-state index in [4.69, 9.17) is 0 Å². The fourth-order valence-electron chi connectivity index (χ4n) is 2.36. The van der Waals surface area contributed by atoms with Crippen LogP contribution in [0.25, 0.3) is 0 Å². The molecular formula is C14H19FN2O. The number of carbonyl (C=O) groups excluding carboxylic acids is 1. The van der Waals surface area contributed by atoms with E-state index in [0.717, 1.165) is 19.6 Å². The van der Waals surface area contributed by atoms with E-state index in [9.17, 15) is 9.18 Å². The highest BCUT2D eigenvalue weighted by molar-refractivity contribution is 5.85. The molecule has 0 bridgehead atoms. The Kier molecular flexibility index (Phi) is 3.39. The van der Waals surface area contributed by atoms with Gasteiger partial charge >= 0.3 is 0 Å². The van der Waals surface area contributed by atoms with Crippen molar-refractivity contribution >= 4 is 12.0 Å². The van der Waals surface area contributed by atoms with Gasteiger partial charge in [-0.15, -0.1) is 0 Å². The molecule has 0 unspecified atom stereocenters. The lowest BCUT2D eigenvalue weighted by Crippen LogP contribution is -2.57. The average Bonchev–Trinajstić information content (AvgIpc) is 2.32. The van der Waals surface area contributed by atoms with E-state index in [0.29, 0.717) is 12.0 Å². The maximum atomic E-state index is 13.6. The SMILES string of the molecule is CN1CCN(c2cccc(F)c2C=O)CC1(C)C. The molecule has 0 amide bonds. The third-order valence-corrected chi connectivity index (χ3v) is 3.80. The van der Waals surface area contributed by atoms with Crippen LogP contribution < -0.4 is 4.90 Å². The van der Waals surface area contributed by atoms with Gasteiger partial charge in [0, 0.05) is 25.2 Å². The second-order valence-electron chi connectivity index (χ2n) is 5.45. The van der Waals surface area contributed by atoms with Crippen LogP contribution in [0.15, 0.2) is 18.2 Å². The van der Waals surface area contributed by atoms with Gasteiger partial charge in [-0.2, -0.15) is 0 Å². The molecule has 0 radical (unpaired) electrons. The molecular weight excluding hydrogens is 231 g/mol. The third-order valence-electron chi connectivity index (χ3n) is 3.80. The van der Waals surface area contributed by atoms with Crippen LogP contribution >= 0.6 is 0 Å². The number of halogens is 1. The number of nitrogens with zero attached hydrogens (tertiary/aromatic N) is 2. The first kappa shape index (κ1) is 13.0. The van der Waals surface area contributed by atoms with Gasteiger partial charge in [0.05, 0.1) is 11.3 Å². The molecule has 3 nitrogen and oxygen atoms in total. The van der Waals surface area contributed by atoms with Crippen LogP contribution in [0, 0.1) is 5.82 Å². The predicted octanol–water partition coefficient (Wildman–Crippen LogP) is 2.17. The smallest absolute Gasteiger partial charge is 0.155 e. The number of aldehydes is 1. The molecule has 0 N–H and O–H groups in total. The Morgan fingerprint density at radius 3 is 2.67 bits per heavy atom. The zero-order valence-electron chi connectivity index (χ0n) is 11.1. The molecule has 2 rings (SSSR count). The van der Waals surface area contributed by atoms with Crippen LogP contribution in [0.2, 0.25) is 0 Å². The molecule has 0 aliphatic carbocycles. The second kappa shape index (κ2) is 4.69. The zero-order chi connectivity index (χ0) is 13.3. The van der Waals surface area contributed by atoms with Crippen LogP contribution in [-0.4, -0.2) is 43.4 Å². The Balaban J connectivity index is 2.33. The Morgan fingerprint density at radius 1 is 1.33 bits per heavy atom. The Bertz CT molecular complexity index is 459. The van der Waals surface area contributed by atoms with Crippen molar-refractivity contribution in [3.8, 4) is 0 Å². The molecule has 1 aromatic rings. The average molecular weight is 250 g/mol. The van der Waals surface area contributed by atoms with E-state index in [1.165, 1.54) is 6.07 Å². The molecule has 0 spiro atoms. The van der Waals surface area contributed by atoms with Crippen molar-refractivity contribution in [1.82, 2.24) is 4.90 Å². The van der Waals surface area contributed by atoms with E-state index >= 15 is 0 Å². The van der Waals surface area contributed by atoms with E-state index < -0.39 is 5.82 Å². The molecule has 1 aliphatic rings. The molecule has 1 saturated heterocycles. The molecule has 1 aromatic carbocycles. The van der Waals surface area contributed by atoms with Crippen molar-refractivity contribution in [1.29, 1.82) is 0 Å². The minimum absolute atomic E-state index is 0.0186. The molecule has 4 heteroatoms. The number of carbonyl (C=O) groups is 1. The number of rotatable bonds is 2. The Morgan fingerprint density at radius 2 is 2.06 bits per heavy atom. The van der Waals surface area contributed by atoms with Crippen molar-refractivity contribution in [2.45, 2.75) is 19.4 Å². The van der Waals surface area contributed by atoms with Gasteiger partial charge in [-0.3, -0.25) is 9.69 Å². The van der Waals surface area contributed by atoms with Gasteiger partial charge in [0.15, 0.2) is 6.29 Å². The highest BCUT2D eigenvalue weighted by Crippen LogP contribution is 2.27. The van der Waals surface area contributed by atoms with Crippen molar-refractivity contribution in [3.05, 3.63) is 29.6 Å². The summed E-state index contributed by atoms with van der Waals surface area (Å²) >= 11 is 0. The second-order valence-corrected chi connectivity index (χ2v) is 5.45. The third kappa shape index (κ3) is 2.25. The molecule has 0 saturated carbocycles. The molecule has 1 fully saturated rings. The summed E-state index contributed by atoms with van der Waals surface area (Å²) in [7, 11) is 2.09. The summed E-state index contributed by atoms with van der Waals surface area (Å²) in [5, 5.41) is 0. The summed E-state index contributed by atoms with van der Waals surface area (Å²) in [4.78, 5) is 15.4. The van der Waals surface area contributed by atoms with Crippen molar-refractivity contribution < 1.29 is 9.18 Å². The quantitative estimate of drug-likeness (QED) is 0.752. The number of piperazine rings is 1. The zero-order valence-corrected chi connectivity index (χ0v) is 11.1. The minimum Gasteiger partial charge on any atom is -0.368 e. The van der Waals surface area contributed by atoms with Gasteiger partial charge in [0.2, 0.25) is 0 Å². The number of hydrogen-bond donors (Lipinski definition) is 0. The summed E-state index contributed by atoms with van der Waals surface area (Å²) in [6.45, 7) is 6.80. The van der Waals surface area contributed by atoms with E-state index in [2.05, 4.69) is 30.7 Å².